The van der Waals surface area contributed by atoms with Gasteiger partial charge in [-0.15, -0.1) is 23.2 Å². The maximum atomic E-state index is 10.9. The van der Waals surface area contributed by atoms with E-state index in [2.05, 4.69) is 11.7 Å². The zero-order valence-electron chi connectivity index (χ0n) is 13.7. The van der Waals surface area contributed by atoms with Crippen LogP contribution in [-0.4, -0.2) is 23.8 Å². The van der Waals surface area contributed by atoms with Gasteiger partial charge in [-0.3, -0.25) is 4.79 Å². The van der Waals surface area contributed by atoms with Gasteiger partial charge in [0.15, 0.2) is 0 Å². The molecule has 0 aliphatic heterocycles. The molecule has 0 saturated carbocycles. The van der Waals surface area contributed by atoms with Crippen molar-refractivity contribution in [1.29, 1.82) is 0 Å². The molecule has 0 aromatic heterocycles. The summed E-state index contributed by atoms with van der Waals surface area (Å²) in [4.78, 5) is 10.9. The van der Waals surface area contributed by atoms with Gasteiger partial charge < -0.3 is 4.74 Å². The maximum absolute atomic E-state index is 10.9. The number of methoxy groups -OCH3 is 1. The van der Waals surface area contributed by atoms with Crippen molar-refractivity contribution in [2.75, 3.05) is 7.11 Å². The Kier molecular flexibility index (Phi) is 15.0. The largest absolute Gasteiger partial charge is 0.469 e. The lowest BCUT2D eigenvalue weighted by molar-refractivity contribution is -0.140. The minimum Gasteiger partial charge on any atom is -0.469 e. The molecule has 2 atom stereocenters. The average molecular weight is 339 g/mol. The number of ether oxygens (including phenoxy) is 1. The Morgan fingerprint density at radius 2 is 1.33 bits per heavy atom. The fourth-order valence-electron chi connectivity index (χ4n) is 2.37. The van der Waals surface area contributed by atoms with Crippen LogP contribution >= 0.6 is 23.2 Å². The van der Waals surface area contributed by atoms with E-state index in [1.165, 1.54) is 39.2 Å². The molecule has 0 rings (SSSR count). The van der Waals surface area contributed by atoms with Crippen molar-refractivity contribution in [3.8, 4) is 0 Å². The first-order valence-corrected chi connectivity index (χ1v) is 9.34. The first-order chi connectivity index (χ1) is 10.1. The summed E-state index contributed by atoms with van der Waals surface area (Å²) in [6.07, 6.45) is 13.1. The molecule has 2 unspecified atom stereocenters. The molecule has 0 spiro atoms. The van der Waals surface area contributed by atoms with Crippen LogP contribution in [0.3, 0.4) is 0 Å². The van der Waals surface area contributed by atoms with Crippen LogP contribution < -0.4 is 0 Å². The number of unbranched alkanes of at least 4 members (excludes halogenated alkanes) is 7. The second kappa shape index (κ2) is 15.0. The Labute approximate surface area is 140 Å². The molecule has 4 heteroatoms. The van der Waals surface area contributed by atoms with E-state index in [0.717, 1.165) is 38.5 Å². The molecule has 0 N–H and O–H groups in total. The van der Waals surface area contributed by atoms with Gasteiger partial charge in [0, 0.05) is 17.2 Å². The molecule has 0 aromatic carbocycles. The van der Waals surface area contributed by atoms with E-state index < -0.39 is 0 Å². The van der Waals surface area contributed by atoms with Crippen LogP contribution in [0.2, 0.25) is 0 Å². The SMILES string of the molecule is CCCCCCC(Cl)C(Cl)CCCCCCCC(=O)OC. The monoisotopic (exact) mass is 338 g/mol. The van der Waals surface area contributed by atoms with Gasteiger partial charge in [-0.05, 0) is 19.3 Å². The van der Waals surface area contributed by atoms with Gasteiger partial charge in [-0.1, -0.05) is 58.3 Å². The molecule has 0 saturated heterocycles. The van der Waals surface area contributed by atoms with Crippen molar-refractivity contribution in [3.63, 3.8) is 0 Å². The Hall–Kier alpha value is 0.0500. The molecule has 0 heterocycles. The van der Waals surface area contributed by atoms with Gasteiger partial charge in [0.1, 0.15) is 0 Å². The number of alkyl halides is 2. The standard InChI is InChI=1S/C17H32Cl2O2/c1-3-4-5-9-12-15(18)16(19)13-10-7-6-8-11-14-17(20)21-2/h15-16H,3-14H2,1-2H3. The van der Waals surface area contributed by atoms with Crippen LogP contribution in [0.1, 0.15) is 84.0 Å². The third-order valence-corrected chi connectivity index (χ3v) is 4.99. The van der Waals surface area contributed by atoms with E-state index >= 15 is 0 Å². The minimum absolute atomic E-state index is 0.100. The molecule has 0 aliphatic carbocycles. The van der Waals surface area contributed by atoms with Crippen molar-refractivity contribution in [2.45, 2.75) is 94.7 Å². The highest BCUT2D eigenvalue weighted by Crippen LogP contribution is 2.22. The van der Waals surface area contributed by atoms with E-state index in [1.807, 2.05) is 0 Å². The summed E-state index contributed by atoms with van der Waals surface area (Å²) >= 11 is 12.7. The first kappa shape index (κ1) is 21.0. The van der Waals surface area contributed by atoms with E-state index in [1.54, 1.807) is 0 Å². The summed E-state index contributed by atoms with van der Waals surface area (Å²) in [5.74, 6) is -0.108. The van der Waals surface area contributed by atoms with Crippen molar-refractivity contribution in [2.24, 2.45) is 0 Å². The molecule has 0 aliphatic rings. The number of hydrogen-bond acceptors (Lipinski definition) is 2. The summed E-state index contributed by atoms with van der Waals surface area (Å²) < 4.78 is 4.61. The third kappa shape index (κ3) is 13.4. The molecule has 0 radical (unpaired) electrons. The van der Waals surface area contributed by atoms with E-state index in [4.69, 9.17) is 23.2 Å². The molecule has 0 bridgehead atoms. The average Bonchev–Trinajstić information content (AvgIpc) is 2.49. The van der Waals surface area contributed by atoms with Crippen LogP contribution in [0.4, 0.5) is 0 Å². The predicted molar refractivity (Wildman–Crippen MR) is 92.4 cm³/mol. The fourth-order valence-corrected chi connectivity index (χ4v) is 2.93. The Morgan fingerprint density at radius 3 is 1.86 bits per heavy atom. The van der Waals surface area contributed by atoms with Crippen molar-refractivity contribution < 1.29 is 9.53 Å². The third-order valence-electron chi connectivity index (χ3n) is 3.81. The summed E-state index contributed by atoms with van der Waals surface area (Å²) in [7, 11) is 1.44. The number of hydrogen-bond donors (Lipinski definition) is 0. The van der Waals surface area contributed by atoms with Crippen LogP contribution in [-0.2, 0) is 9.53 Å². The first-order valence-electron chi connectivity index (χ1n) is 8.46. The maximum Gasteiger partial charge on any atom is 0.305 e. The normalized spacial score (nSPS) is 13.9. The zero-order valence-corrected chi connectivity index (χ0v) is 15.2. The van der Waals surface area contributed by atoms with E-state index in [9.17, 15) is 4.79 Å². The highest BCUT2D eigenvalue weighted by Gasteiger charge is 2.15. The van der Waals surface area contributed by atoms with Gasteiger partial charge >= 0.3 is 5.97 Å². The lowest BCUT2D eigenvalue weighted by Crippen LogP contribution is -2.14. The van der Waals surface area contributed by atoms with Crippen LogP contribution in [0, 0.1) is 0 Å². The van der Waals surface area contributed by atoms with Crippen molar-refractivity contribution >= 4 is 29.2 Å². The van der Waals surface area contributed by atoms with E-state index in [0.29, 0.717) is 6.42 Å². The molecular formula is C17H32Cl2O2. The lowest BCUT2D eigenvalue weighted by Gasteiger charge is -2.15. The van der Waals surface area contributed by atoms with Crippen LogP contribution in [0.5, 0.6) is 0 Å². The molecule has 2 nitrogen and oxygen atoms in total. The summed E-state index contributed by atoms with van der Waals surface area (Å²) in [6, 6.07) is 0. The lowest BCUT2D eigenvalue weighted by atomic mass is 10.0. The van der Waals surface area contributed by atoms with Gasteiger partial charge in [0.25, 0.3) is 0 Å². The molecule has 0 fully saturated rings. The highest BCUT2D eigenvalue weighted by atomic mass is 35.5. The van der Waals surface area contributed by atoms with Gasteiger partial charge in [-0.25, -0.2) is 0 Å². The Morgan fingerprint density at radius 1 is 0.857 bits per heavy atom. The van der Waals surface area contributed by atoms with Gasteiger partial charge in [-0.2, -0.15) is 0 Å². The van der Waals surface area contributed by atoms with Gasteiger partial charge in [0.2, 0.25) is 0 Å². The quantitative estimate of drug-likeness (QED) is 0.218. The van der Waals surface area contributed by atoms with E-state index in [-0.39, 0.29) is 16.7 Å². The molecule has 21 heavy (non-hydrogen) atoms. The van der Waals surface area contributed by atoms with Crippen molar-refractivity contribution in [1.82, 2.24) is 0 Å². The molecular weight excluding hydrogens is 307 g/mol. The minimum atomic E-state index is -0.108. The molecule has 126 valence electrons. The number of halogens is 2. The smallest absolute Gasteiger partial charge is 0.305 e. The zero-order chi connectivity index (χ0) is 15.9. The topological polar surface area (TPSA) is 26.3 Å². The van der Waals surface area contributed by atoms with Gasteiger partial charge in [0.05, 0.1) is 7.11 Å². The number of esters is 1. The summed E-state index contributed by atoms with van der Waals surface area (Å²) in [5, 5.41) is 0.214. The molecule has 0 amide bonds. The Bertz CT molecular complexity index is 247. The second-order valence-corrected chi connectivity index (χ2v) is 6.89. The number of carbonyl (C=O) groups excluding carboxylic acids is 1. The Balaban J connectivity index is 3.39. The fraction of sp³-hybridized carbons (Fsp3) is 0.941. The predicted octanol–water partition coefficient (Wildman–Crippen LogP) is 6.08. The highest BCUT2D eigenvalue weighted by molar-refractivity contribution is 6.29. The van der Waals surface area contributed by atoms with Crippen molar-refractivity contribution in [3.05, 3.63) is 0 Å². The second-order valence-electron chi connectivity index (χ2n) is 5.76. The number of rotatable bonds is 14. The van der Waals surface area contributed by atoms with Crippen LogP contribution in [0.25, 0.3) is 0 Å². The molecule has 0 aromatic rings. The summed E-state index contributed by atoms with van der Waals surface area (Å²) in [5.41, 5.74) is 0. The van der Waals surface area contributed by atoms with Crippen LogP contribution in [0.15, 0.2) is 0 Å². The summed E-state index contributed by atoms with van der Waals surface area (Å²) in [6.45, 7) is 2.22. The number of carbonyl (C=O) groups is 1.